The van der Waals surface area contributed by atoms with E-state index in [4.69, 9.17) is 5.10 Å². The van der Waals surface area contributed by atoms with Crippen molar-refractivity contribution in [3.63, 3.8) is 0 Å². The molecule has 2 aromatic carbocycles. The van der Waals surface area contributed by atoms with Crippen molar-refractivity contribution >= 4 is 11.6 Å². The minimum Gasteiger partial charge on any atom is -0.390 e. The number of carbonyl (C=O) groups excluding carboxylic acids is 1. The molecule has 190 valence electrons. The molecule has 3 rings (SSSR count). The van der Waals surface area contributed by atoms with Gasteiger partial charge in [-0.25, -0.2) is 8.78 Å². The zero-order valence-electron chi connectivity index (χ0n) is 20.7. The lowest BCUT2D eigenvalue weighted by Gasteiger charge is -2.41. The van der Waals surface area contributed by atoms with Gasteiger partial charge in [-0.3, -0.25) is 4.79 Å². The lowest BCUT2D eigenvalue weighted by atomic mass is 9.75. The van der Waals surface area contributed by atoms with Gasteiger partial charge >= 0.3 is 0 Å². The van der Waals surface area contributed by atoms with E-state index in [1.165, 1.54) is 19.1 Å². The van der Waals surface area contributed by atoms with Crippen LogP contribution in [0.2, 0.25) is 0 Å². The monoisotopic (exact) mass is 486 g/mol. The van der Waals surface area contributed by atoms with Crippen molar-refractivity contribution in [2.24, 2.45) is 5.10 Å². The van der Waals surface area contributed by atoms with Gasteiger partial charge in [0.1, 0.15) is 11.6 Å². The number of rotatable bonds is 10. The molecule has 1 fully saturated rings. The minimum absolute atomic E-state index is 0.107. The summed E-state index contributed by atoms with van der Waals surface area (Å²) in [5.41, 5.74) is 2.32. The highest BCUT2D eigenvalue weighted by molar-refractivity contribution is 5.85. The van der Waals surface area contributed by atoms with Gasteiger partial charge in [-0.1, -0.05) is 30.3 Å². The van der Waals surface area contributed by atoms with Crippen LogP contribution in [0.1, 0.15) is 50.7 Å². The molecule has 8 heteroatoms. The Morgan fingerprint density at radius 3 is 2.34 bits per heavy atom. The van der Waals surface area contributed by atoms with Gasteiger partial charge in [0.2, 0.25) is 5.91 Å². The van der Waals surface area contributed by atoms with Crippen molar-refractivity contribution in [2.75, 3.05) is 20.1 Å². The molecule has 0 bridgehead atoms. The molecule has 1 aliphatic carbocycles. The number of aliphatic hydroxyl groups excluding tert-OH is 1. The van der Waals surface area contributed by atoms with Crippen LogP contribution in [0.25, 0.3) is 0 Å². The first-order valence-corrected chi connectivity index (χ1v) is 12.2. The van der Waals surface area contributed by atoms with Gasteiger partial charge in [-0.05, 0) is 62.3 Å². The predicted octanol–water partition coefficient (Wildman–Crippen LogP) is 3.74. The van der Waals surface area contributed by atoms with Gasteiger partial charge in [0.05, 0.1) is 12.1 Å². The van der Waals surface area contributed by atoms with Gasteiger partial charge in [-0.15, -0.1) is 0 Å². The summed E-state index contributed by atoms with van der Waals surface area (Å²) in [6.07, 6.45) is 2.45. The lowest BCUT2D eigenvalue weighted by Crippen LogP contribution is -2.53. The average molecular weight is 487 g/mol. The third-order valence-corrected chi connectivity index (χ3v) is 6.66. The van der Waals surface area contributed by atoms with Crippen molar-refractivity contribution in [1.82, 2.24) is 15.6 Å². The highest BCUT2D eigenvalue weighted by Gasteiger charge is 2.36. The number of hydrogen-bond donors (Lipinski definition) is 3. The second-order valence-corrected chi connectivity index (χ2v) is 9.33. The van der Waals surface area contributed by atoms with Crippen molar-refractivity contribution in [3.8, 4) is 0 Å². The summed E-state index contributed by atoms with van der Waals surface area (Å²) >= 11 is 0. The van der Waals surface area contributed by atoms with Crippen LogP contribution in [0.15, 0.2) is 53.6 Å². The van der Waals surface area contributed by atoms with E-state index in [0.717, 1.165) is 49.6 Å². The van der Waals surface area contributed by atoms with Crippen molar-refractivity contribution in [3.05, 3.63) is 71.3 Å². The Morgan fingerprint density at radius 2 is 1.77 bits per heavy atom. The Morgan fingerprint density at radius 1 is 1.14 bits per heavy atom. The number of nitrogens with one attached hydrogen (secondary N) is 2. The molecule has 1 aliphatic rings. The fourth-order valence-corrected chi connectivity index (χ4v) is 4.67. The van der Waals surface area contributed by atoms with Crippen LogP contribution in [-0.4, -0.2) is 54.0 Å². The molecule has 0 saturated heterocycles. The van der Waals surface area contributed by atoms with Gasteiger partial charge in [0.25, 0.3) is 0 Å². The largest absolute Gasteiger partial charge is 0.390 e. The molecule has 0 aliphatic heterocycles. The number of carbonyl (C=O) groups is 1. The molecule has 0 spiro atoms. The Bertz CT molecular complexity index is 985. The van der Waals surface area contributed by atoms with Crippen LogP contribution < -0.4 is 10.6 Å². The lowest BCUT2D eigenvalue weighted by molar-refractivity contribution is -0.120. The summed E-state index contributed by atoms with van der Waals surface area (Å²) in [4.78, 5) is 11.8. The third kappa shape index (κ3) is 7.57. The standard InChI is InChI=1S/C27H36F2N4O2/c1-4-33(3)32-24-10-12-27(13-11-24,21-8-6-5-7-9-21)30-18-26(35)25(31-19(2)34)16-20-14-22(28)17-23(29)15-20/h5-9,14-15,17,25-26,30,35H,4,10-13,16,18H2,1-3H3,(H,31,34). The summed E-state index contributed by atoms with van der Waals surface area (Å²) in [6, 6.07) is 12.7. The van der Waals surface area contributed by atoms with Crippen LogP contribution in [0.4, 0.5) is 8.78 Å². The number of amides is 1. The first-order valence-electron chi connectivity index (χ1n) is 12.2. The summed E-state index contributed by atoms with van der Waals surface area (Å²) in [5.74, 6) is -1.70. The SMILES string of the molecule is CCN(C)N=C1CCC(NCC(O)C(Cc2cc(F)cc(F)c2)NC(C)=O)(c2ccccc2)CC1. The second-order valence-electron chi connectivity index (χ2n) is 9.33. The predicted molar refractivity (Wildman–Crippen MR) is 134 cm³/mol. The maximum atomic E-state index is 13.7. The second kappa shape index (κ2) is 12.2. The van der Waals surface area contributed by atoms with E-state index in [1.54, 1.807) is 0 Å². The van der Waals surface area contributed by atoms with E-state index in [-0.39, 0.29) is 24.4 Å². The number of aliphatic hydroxyl groups is 1. The molecular weight excluding hydrogens is 450 g/mol. The quantitative estimate of drug-likeness (QED) is 0.447. The topological polar surface area (TPSA) is 77.0 Å². The molecule has 2 atom stereocenters. The van der Waals surface area contributed by atoms with E-state index in [2.05, 4.69) is 29.7 Å². The summed E-state index contributed by atoms with van der Waals surface area (Å²) in [7, 11) is 1.97. The zero-order chi connectivity index (χ0) is 25.4. The molecule has 6 nitrogen and oxygen atoms in total. The fraction of sp³-hybridized carbons (Fsp3) is 0.481. The van der Waals surface area contributed by atoms with Crippen LogP contribution in [0.5, 0.6) is 0 Å². The summed E-state index contributed by atoms with van der Waals surface area (Å²) < 4.78 is 27.4. The van der Waals surface area contributed by atoms with Gasteiger partial charge < -0.3 is 20.7 Å². The molecule has 0 heterocycles. The zero-order valence-corrected chi connectivity index (χ0v) is 20.7. The Kier molecular flexibility index (Phi) is 9.34. The average Bonchev–Trinajstić information content (AvgIpc) is 2.82. The first-order chi connectivity index (χ1) is 16.7. The number of benzene rings is 2. The molecule has 0 aromatic heterocycles. The van der Waals surface area contributed by atoms with E-state index in [9.17, 15) is 18.7 Å². The Hall–Kier alpha value is -2.84. The number of nitrogens with zero attached hydrogens (tertiary/aromatic N) is 2. The smallest absolute Gasteiger partial charge is 0.217 e. The van der Waals surface area contributed by atoms with E-state index in [0.29, 0.717) is 5.56 Å². The van der Waals surface area contributed by atoms with Crippen LogP contribution in [-0.2, 0) is 16.8 Å². The molecule has 35 heavy (non-hydrogen) atoms. The molecule has 3 N–H and O–H groups in total. The normalized spacial score (nSPS) is 19.7. The molecular formula is C27H36F2N4O2. The van der Waals surface area contributed by atoms with Crippen molar-refractivity contribution in [2.45, 2.75) is 63.6 Å². The van der Waals surface area contributed by atoms with E-state index < -0.39 is 23.8 Å². The van der Waals surface area contributed by atoms with E-state index >= 15 is 0 Å². The maximum Gasteiger partial charge on any atom is 0.217 e. The molecule has 2 aromatic rings. The van der Waals surface area contributed by atoms with Crippen molar-refractivity contribution < 1.29 is 18.7 Å². The van der Waals surface area contributed by atoms with Gasteiger partial charge in [-0.2, -0.15) is 5.10 Å². The van der Waals surface area contributed by atoms with E-state index in [1.807, 2.05) is 30.3 Å². The minimum atomic E-state index is -0.966. The Labute approximate surface area is 206 Å². The maximum absolute atomic E-state index is 13.7. The van der Waals surface area contributed by atoms with Crippen LogP contribution in [0.3, 0.4) is 0 Å². The first kappa shape index (κ1) is 26.8. The number of hydrazone groups is 1. The molecule has 0 radical (unpaired) electrons. The third-order valence-electron chi connectivity index (χ3n) is 6.66. The summed E-state index contributed by atoms with van der Waals surface area (Å²) in [5, 5.41) is 24.0. The summed E-state index contributed by atoms with van der Waals surface area (Å²) in [6.45, 7) is 4.48. The Balaban J connectivity index is 1.76. The van der Waals surface area contributed by atoms with Crippen molar-refractivity contribution in [1.29, 1.82) is 0 Å². The van der Waals surface area contributed by atoms with Crippen LogP contribution >= 0.6 is 0 Å². The fourth-order valence-electron chi connectivity index (χ4n) is 4.67. The van der Waals surface area contributed by atoms with Crippen LogP contribution in [0, 0.1) is 11.6 Å². The number of hydrogen-bond acceptors (Lipinski definition) is 5. The molecule has 1 saturated carbocycles. The van der Waals surface area contributed by atoms with Gasteiger partial charge in [0.15, 0.2) is 0 Å². The highest BCUT2D eigenvalue weighted by atomic mass is 19.1. The van der Waals surface area contributed by atoms with Gasteiger partial charge in [0, 0.05) is 44.4 Å². The highest BCUT2D eigenvalue weighted by Crippen LogP contribution is 2.36. The molecule has 1 amide bonds. The number of halogens is 2. The molecule has 2 unspecified atom stereocenters.